The van der Waals surface area contributed by atoms with Gasteiger partial charge in [-0.1, -0.05) is 24.3 Å². The van der Waals surface area contributed by atoms with Crippen molar-refractivity contribution >= 4 is 23.1 Å². The van der Waals surface area contributed by atoms with Crippen LogP contribution in [0, 0.1) is 13.8 Å². The third kappa shape index (κ3) is 3.01. The minimum Gasteiger partial charge on any atom is -0.497 e. The van der Waals surface area contributed by atoms with Crippen LogP contribution >= 0.6 is 0 Å². The van der Waals surface area contributed by atoms with Gasteiger partial charge in [0.25, 0.3) is 11.8 Å². The molecular formula is C20H20N2O3. The van der Waals surface area contributed by atoms with E-state index >= 15 is 0 Å². The Hall–Kier alpha value is -3.08. The Morgan fingerprint density at radius 1 is 0.960 bits per heavy atom. The van der Waals surface area contributed by atoms with Gasteiger partial charge in [-0.3, -0.25) is 14.5 Å². The lowest BCUT2D eigenvalue weighted by Gasteiger charge is -2.12. The van der Waals surface area contributed by atoms with Crippen LogP contribution in [-0.4, -0.2) is 30.9 Å². The Morgan fingerprint density at radius 3 is 2.28 bits per heavy atom. The van der Waals surface area contributed by atoms with Crippen LogP contribution in [0.3, 0.4) is 0 Å². The molecule has 0 saturated carbocycles. The van der Waals surface area contributed by atoms with Crippen molar-refractivity contribution in [2.24, 2.45) is 0 Å². The molecule has 128 valence electrons. The summed E-state index contributed by atoms with van der Waals surface area (Å²) in [5.74, 6) is 0.0400. The number of ether oxygens (including phenoxy) is 1. The largest absolute Gasteiger partial charge is 0.497 e. The zero-order valence-electron chi connectivity index (χ0n) is 14.7. The summed E-state index contributed by atoms with van der Waals surface area (Å²) in [5.41, 5.74) is 4.24. The molecule has 5 heteroatoms. The van der Waals surface area contributed by atoms with Crippen molar-refractivity contribution < 1.29 is 14.3 Å². The number of carbonyl (C=O) groups is 2. The molecule has 1 aliphatic rings. The molecule has 2 amide bonds. The quantitative estimate of drug-likeness (QED) is 0.872. The Labute approximate surface area is 146 Å². The highest BCUT2D eigenvalue weighted by molar-refractivity contribution is 6.36. The first-order chi connectivity index (χ1) is 11.9. The van der Waals surface area contributed by atoms with E-state index in [-0.39, 0.29) is 11.8 Å². The summed E-state index contributed by atoms with van der Waals surface area (Å²) in [7, 11) is 3.08. The zero-order valence-corrected chi connectivity index (χ0v) is 14.7. The van der Waals surface area contributed by atoms with E-state index in [1.807, 2.05) is 32.0 Å². The molecule has 1 heterocycles. The highest BCUT2D eigenvalue weighted by Crippen LogP contribution is 2.31. The maximum Gasteiger partial charge on any atom is 0.277 e. The molecule has 1 aliphatic heterocycles. The number of carbonyl (C=O) groups excluding carboxylic acids is 2. The monoisotopic (exact) mass is 336 g/mol. The number of methoxy groups -OCH3 is 1. The molecule has 0 spiro atoms. The van der Waals surface area contributed by atoms with Crippen LogP contribution in [0.1, 0.15) is 16.7 Å². The Kier molecular flexibility index (Phi) is 4.31. The van der Waals surface area contributed by atoms with Crippen molar-refractivity contribution in [1.29, 1.82) is 0 Å². The molecule has 1 N–H and O–H groups in total. The van der Waals surface area contributed by atoms with E-state index in [0.717, 1.165) is 21.7 Å². The molecule has 0 bridgehead atoms. The van der Waals surface area contributed by atoms with Crippen molar-refractivity contribution in [1.82, 2.24) is 4.90 Å². The van der Waals surface area contributed by atoms with Gasteiger partial charge in [-0.05, 0) is 48.7 Å². The third-order valence-electron chi connectivity index (χ3n) is 4.32. The molecule has 5 nitrogen and oxygen atoms in total. The lowest BCUT2D eigenvalue weighted by atomic mass is 10.0. The van der Waals surface area contributed by atoms with Crippen LogP contribution in [0.4, 0.5) is 5.69 Å². The summed E-state index contributed by atoms with van der Waals surface area (Å²) in [6.45, 7) is 3.94. The predicted molar refractivity (Wildman–Crippen MR) is 97.2 cm³/mol. The van der Waals surface area contributed by atoms with Crippen LogP contribution in [0.2, 0.25) is 0 Å². The van der Waals surface area contributed by atoms with Gasteiger partial charge in [0.05, 0.1) is 12.7 Å². The number of imide groups is 1. The summed E-state index contributed by atoms with van der Waals surface area (Å²) in [6.07, 6.45) is 0. The second kappa shape index (κ2) is 6.43. The normalized spacial score (nSPS) is 14.3. The minimum atomic E-state index is -0.336. The van der Waals surface area contributed by atoms with Crippen molar-refractivity contribution in [2.45, 2.75) is 13.8 Å². The standard InChI is InChI=1S/C20H20N2O3/c1-12-5-6-13(2)16(11-12)21-18-17(19(23)22(3)20(18)24)14-7-9-15(25-4)10-8-14/h5-11,21H,1-4H3. The van der Waals surface area contributed by atoms with Crippen LogP contribution in [0.5, 0.6) is 5.75 Å². The summed E-state index contributed by atoms with van der Waals surface area (Å²) in [6, 6.07) is 13.1. The van der Waals surface area contributed by atoms with Crippen molar-refractivity contribution in [3.8, 4) is 5.75 Å². The molecule has 0 unspecified atom stereocenters. The second-order valence-electron chi connectivity index (χ2n) is 6.09. The Bertz CT molecular complexity index is 882. The number of anilines is 1. The molecule has 0 atom stereocenters. The first-order valence-electron chi connectivity index (χ1n) is 7.97. The fourth-order valence-electron chi connectivity index (χ4n) is 2.79. The molecular weight excluding hydrogens is 316 g/mol. The molecule has 0 aromatic heterocycles. The number of rotatable bonds is 4. The highest BCUT2D eigenvalue weighted by atomic mass is 16.5. The van der Waals surface area contributed by atoms with E-state index in [0.29, 0.717) is 22.6 Å². The van der Waals surface area contributed by atoms with Gasteiger partial charge in [0.2, 0.25) is 0 Å². The molecule has 3 rings (SSSR count). The Balaban J connectivity index is 2.09. The molecule has 25 heavy (non-hydrogen) atoms. The lowest BCUT2D eigenvalue weighted by Crippen LogP contribution is -2.28. The van der Waals surface area contributed by atoms with Gasteiger partial charge in [-0.2, -0.15) is 0 Å². The van der Waals surface area contributed by atoms with Crippen LogP contribution < -0.4 is 10.1 Å². The smallest absolute Gasteiger partial charge is 0.277 e. The summed E-state index contributed by atoms with van der Waals surface area (Å²) in [5, 5.41) is 3.17. The van der Waals surface area contributed by atoms with E-state index in [2.05, 4.69) is 5.32 Å². The van der Waals surface area contributed by atoms with Gasteiger partial charge in [-0.15, -0.1) is 0 Å². The minimum absolute atomic E-state index is 0.298. The molecule has 2 aromatic carbocycles. The summed E-state index contributed by atoms with van der Waals surface area (Å²) >= 11 is 0. The van der Waals surface area contributed by atoms with E-state index in [4.69, 9.17) is 4.74 Å². The first-order valence-corrected chi connectivity index (χ1v) is 7.97. The number of hydrogen-bond donors (Lipinski definition) is 1. The van der Waals surface area contributed by atoms with Crippen molar-refractivity contribution in [3.05, 3.63) is 64.9 Å². The SMILES string of the molecule is COc1ccc(C2=C(Nc3cc(C)ccc3C)C(=O)N(C)C2=O)cc1. The van der Waals surface area contributed by atoms with E-state index in [1.54, 1.807) is 31.4 Å². The van der Waals surface area contributed by atoms with Gasteiger partial charge in [0.15, 0.2) is 0 Å². The predicted octanol–water partition coefficient (Wildman–Crippen LogP) is 3.13. The van der Waals surface area contributed by atoms with Gasteiger partial charge in [-0.25, -0.2) is 0 Å². The van der Waals surface area contributed by atoms with Gasteiger partial charge in [0, 0.05) is 12.7 Å². The third-order valence-corrected chi connectivity index (χ3v) is 4.32. The number of likely N-dealkylation sites (N-methyl/N-ethyl adjacent to an activating group) is 1. The number of nitrogens with zero attached hydrogens (tertiary/aromatic N) is 1. The fourth-order valence-corrected chi connectivity index (χ4v) is 2.79. The van der Waals surface area contributed by atoms with Crippen molar-refractivity contribution in [2.75, 3.05) is 19.5 Å². The molecule has 0 saturated heterocycles. The first kappa shape index (κ1) is 16.8. The number of hydrogen-bond acceptors (Lipinski definition) is 4. The molecule has 0 fully saturated rings. The Morgan fingerprint density at radius 2 is 1.64 bits per heavy atom. The topological polar surface area (TPSA) is 58.6 Å². The van der Waals surface area contributed by atoms with Crippen LogP contribution in [0.25, 0.3) is 5.57 Å². The molecule has 2 aromatic rings. The van der Waals surface area contributed by atoms with E-state index in [9.17, 15) is 9.59 Å². The van der Waals surface area contributed by atoms with Crippen LogP contribution in [0.15, 0.2) is 48.2 Å². The fraction of sp³-hybridized carbons (Fsp3) is 0.200. The second-order valence-corrected chi connectivity index (χ2v) is 6.09. The lowest BCUT2D eigenvalue weighted by molar-refractivity contribution is -0.135. The highest BCUT2D eigenvalue weighted by Gasteiger charge is 2.36. The van der Waals surface area contributed by atoms with Gasteiger partial charge >= 0.3 is 0 Å². The summed E-state index contributed by atoms with van der Waals surface area (Å²) in [4.78, 5) is 26.3. The zero-order chi connectivity index (χ0) is 18.1. The average Bonchev–Trinajstić information content (AvgIpc) is 2.82. The number of amides is 2. The number of nitrogens with one attached hydrogen (secondary N) is 1. The van der Waals surface area contributed by atoms with E-state index in [1.165, 1.54) is 7.05 Å². The molecule has 0 aliphatic carbocycles. The van der Waals surface area contributed by atoms with Gasteiger partial charge < -0.3 is 10.1 Å². The van der Waals surface area contributed by atoms with Crippen LogP contribution in [-0.2, 0) is 9.59 Å². The van der Waals surface area contributed by atoms with E-state index < -0.39 is 0 Å². The molecule has 0 radical (unpaired) electrons. The number of aryl methyl sites for hydroxylation is 2. The average molecular weight is 336 g/mol. The van der Waals surface area contributed by atoms with Crippen molar-refractivity contribution in [3.63, 3.8) is 0 Å². The number of benzene rings is 2. The van der Waals surface area contributed by atoms with Gasteiger partial charge in [0.1, 0.15) is 11.4 Å². The maximum absolute atomic E-state index is 12.6. The summed E-state index contributed by atoms with van der Waals surface area (Å²) < 4.78 is 5.16. The maximum atomic E-state index is 12.6.